The highest BCUT2D eigenvalue weighted by Gasteiger charge is 2.21. The Balaban J connectivity index is 2.37. The van der Waals surface area contributed by atoms with Gasteiger partial charge >= 0.3 is 0 Å². The molecule has 0 fully saturated rings. The fraction of sp³-hybridized carbons (Fsp3) is 0.167. The van der Waals surface area contributed by atoms with Gasteiger partial charge in [0.15, 0.2) is 28.4 Å². The van der Waals surface area contributed by atoms with Gasteiger partial charge in [0.05, 0.1) is 26.9 Å². The van der Waals surface area contributed by atoms with Crippen molar-refractivity contribution in [1.82, 2.24) is 0 Å². The van der Waals surface area contributed by atoms with Gasteiger partial charge in [-0.2, -0.15) is 0 Å². The second kappa shape index (κ2) is 6.40. The molecule has 0 aliphatic carbocycles. The van der Waals surface area contributed by atoms with Crippen LogP contribution >= 0.6 is 0 Å². The zero-order valence-electron chi connectivity index (χ0n) is 14.2. The van der Waals surface area contributed by atoms with E-state index < -0.39 is 11.2 Å². The molecular formula is C18H16O8. The molecule has 136 valence electrons. The number of phenolic OH excluding ortho intramolecular Hbond substituents is 3. The number of aromatic hydroxyl groups is 3. The summed E-state index contributed by atoms with van der Waals surface area (Å²) in [6, 6.07) is 4.89. The molecule has 0 spiro atoms. The number of hydrogen-bond donors (Lipinski definition) is 3. The van der Waals surface area contributed by atoms with Crippen LogP contribution in [-0.2, 0) is 0 Å². The smallest absolute Gasteiger partial charge is 0.204 e. The van der Waals surface area contributed by atoms with Gasteiger partial charge in [0.2, 0.25) is 5.75 Å². The third kappa shape index (κ3) is 2.61. The second-order valence-electron chi connectivity index (χ2n) is 5.35. The summed E-state index contributed by atoms with van der Waals surface area (Å²) in [6.45, 7) is 0. The summed E-state index contributed by atoms with van der Waals surface area (Å²) in [6.07, 6.45) is 0. The second-order valence-corrected chi connectivity index (χ2v) is 5.35. The summed E-state index contributed by atoms with van der Waals surface area (Å²) >= 11 is 0. The Morgan fingerprint density at radius 1 is 0.885 bits per heavy atom. The molecule has 1 heterocycles. The van der Waals surface area contributed by atoms with Gasteiger partial charge < -0.3 is 33.9 Å². The van der Waals surface area contributed by atoms with Crippen LogP contribution in [0.25, 0.3) is 22.3 Å². The summed E-state index contributed by atoms with van der Waals surface area (Å²) < 4.78 is 21.0. The van der Waals surface area contributed by atoms with Crippen LogP contribution in [0.3, 0.4) is 0 Å². The number of fused-ring (bicyclic) bond motifs is 1. The Hall–Kier alpha value is -3.55. The molecule has 26 heavy (non-hydrogen) atoms. The molecule has 8 nitrogen and oxygen atoms in total. The molecule has 0 radical (unpaired) electrons. The standard InChI is InChI=1S/C18H16O8/c1-23-14-7-13-15(16(22)18(14)25-3)10(20)6-12(26-13)9-4-8(19)5-11(21)17(9)24-2/h4-7,19,21-22H,1-3H3. The van der Waals surface area contributed by atoms with Crippen LogP contribution in [-0.4, -0.2) is 36.6 Å². The lowest BCUT2D eigenvalue weighted by atomic mass is 10.1. The minimum atomic E-state index is -0.551. The van der Waals surface area contributed by atoms with Crippen molar-refractivity contribution in [2.75, 3.05) is 21.3 Å². The van der Waals surface area contributed by atoms with Crippen molar-refractivity contribution in [3.8, 4) is 45.8 Å². The maximum absolute atomic E-state index is 12.5. The van der Waals surface area contributed by atoms with Gasteiger partial charge in [-0.25, -0.2) is 0 Å². The first-order chi connectivity index (χ1) is 12.4. The lowest BCUT2D eigenvalue weighted by Crippen LogP contribution is -2.03. The average molecular weight is 360 g/mol. The molecule has 3 rings (SSSR count). The number of phenols is 3. The number of benzene rings is 2. The van der Waals surface area contributed by atoms with E-state index in [4.69, 9.17) is 18.6 Å². The Kier molecular flexibility index (Phi) is 4.25. The molecule has 0 saturated carbocycles. The lowest BCUT2D eigenvalue weighted by molar-refractivity contribution is 0.334. The quantitative estimate of drug-likeness (QED) is 0.650. The number of rotatable bonds is 4. The van der Waals surface area contributed by atoms with Gasteiger partial charge in [-0.05, 0) is 6.07 Å². The van der Waals surface area contributed by atoms with Gasteiger partial charge in [-0.3, -0.25) is 4.79 Å². The average Bonchev–Trinajstić information content (AvgIpc) is 2.60. The van der Waals surface area contributed by atoms with Gasteiger partial charge in [0, 0.05) is 18.2 Å². The molecule has 0 atom stereocenters. The van der Waals surface area contributed by atoms with Gasteiger partial charge in [-0.15, -0.1) is 0 Å². The zero-order chi connectivity index (χ0) is 19.0. The van der Waals surface area contributed by atoms with Crippen molar-refractivity contribution in [1.29, 1.82) is 0 Å². The fourth-order valence-corrected chi connectivity index (χ4v) is 2.74. The first kappa shape index (κ1) is 17.3. The maximum atomic E-state index is 12.5. The highest BCUT2D eigenvalue weighted by atomic mass is 16.5. The van der Waals surface area contributed by atoms with E-state index >= 15 is 0 Å². The predicted octanol–water partition coefficient (Wildman–Crippen LogP) is 2.60. The zero-order valence-corrected chi connectivity index (χ0v) is 14.2. The van der Waals surface area contributed by atoms with Crippen LogP contribution in [0, 0.1) is 0 Å². The lowest BCUT2D eigenvalue weighted by Gasteiger charge is -2.13. The molecule has 0 aliphatic rings. The Bertz CT molecular complexity index is 1050. The van der Waals surface area contributed by atoms with E-state index in [-0.39, 0.29) is 51.0 Å². The van der Waals surface area contributed by atoms with Crippen molar-refractivity contribution in [2.45, 2.75) is 0 Å². The molecular weight excluding hydrogens is 344 g/mol. The highest BCUT2D eigenvalue weighted by Crippen LogP contribution is 2.44. The first-order valence-corrected chi connectivity index (χ1v) is 7.43. The number of hydrogen-bond acceptors (Lipinski definition) is 8. The highest BCUT2D eigenvalue weighted by molar-refractivity contribution is 5.90. The minimum absolute atomic E-state index is 0.00707. The third-order valence-electron chi connectivity index (χ3n) is 3.86. The first-order valence-electron chi connectivity index (χ1n) is 7.43. The van der Waals surface area contributed by atoms with E-state index in [1.165, 1.54) is 33.5 Å². The summed E-state index contributed by atoms with van der Waals surface area (Å²) in [5.74, 6) is -0.743. The molecule has 0 unspecified atom stereocenters. The van der Waals surface area contributed by atoms with Crippen molar-refractivity contribution in [3.63, 3.8) is 0 Å². The topological polar surface area (TPSA) is 119 Å². The van der Waals surface area contributed by atoms with Crippen LogP contribution in [0.5, 0.6) is 34.5 Å². The molecule has 3 N–H and O–H groups in total. The van der Waals surface area contributed by atoms with E-state index in [1.54, 1.807) is 0 Å². The van der Waals surface area contributed by atoms with Crippen molar-refractivity contribution < 1.29 is 33.9 Å². The number of methoxy groups -OCH3 is 3. The molecule has 0 amide bonds. The summed E-state index contributed by atoms with van der Waals surface area (Å²) in [7, 11) is 4.04. The molecule has 0 aliphatic heterocycles. The van der Waals surface area contributed by atoms with E-state index in [0.717, 1.165) is 12.1 Å². The van der Waals surface area contributed by atoms with E-state index in [9.17, 15) is 20.1 Å². The number of ether oxygens (including phenoxy) is 3. The van der Waals surface area contributed by atoms with Crippen LogP contribution in [0.2, 0.25) is 0 Å². The largest absolute Gasteiger partial charge is 0.508 e. The van der Waals surface area contributed by atoms with E-state index in [1.807, 2.05) is 0 Å². The molecule has 0 saturated heterocycles. The summed E-state index contributed by atoms with van der Waals surface area (Å²) in [4.78, 5) is 12.5. The molecule has 0 bridgehead atoms. The van der Waals surface area contributed by atoms with Crippen LogP contribution in [0.15, 0.2) is 33.5 Å². The maximum Gasteiger partial charge on any atom is 0.204 e. The molecule has 3 aromatic rings. The molecule has 1 aromatic heterocycles. The van der Waals surface area contributed by atoms with E-state index in [2.05, 4.69) is 0 Å². The van der Waals surface area contributed by atoms with Crippen molar-refractivity contribution >= 4 is 11.0 Å². The van der Waals surface area contributed by atoms with Gasteiger partial charge in [0.1, 0.15) is 22.5 Å². The van der Waals surface area contributed by atoms with Crippen LogP contribution in [0.1, 0.15) is 0 Å². The monoisotopic (exact) mass is 360 g/mol. The Labute approximate surface area is 147 Å². The van der Waals surface area contributed by atoms with Crippen molar-refractivity contribution in [2.24, 2.45) is 0 Å². The fourth-order valence-electron chi connectivity index (χ4n) is 2.74. The van der Waals surface area contributed by atoms with E-state index in [0.29, 0.717) is 0 Å². The van der Waals surface area contributed by atoms with Crippen molar-refractivity contribution in [3.05, 3.63) is 34.5 Å². The summed E-state index contributed by atoms with van der Waals surface area (Å²) in [5.41, 5.74) is -0.351. The normalized spacial score (nSPS) is 10.7. The molecule has 8 heteroatoms. The third-order valence-corrected chi connectivity index (χ3v) is 3.86. The van der Waals surface area contributed by atoms with Gasteiger partial charge in [0.25, 0.3) is 0 Å². The van der Waals surface area contributed by atoms with Crippen LogP contribution in [0.4, 0.5) is 0 Å². The van der Waals surface area contributed by atoms with Crippen LogP contribution < -0.4 is 19.6 Å². The molecule has 2 aromatic carbocycles. The minimum Gasteiger partial charge on any atom is -0.508 e. The predicted molar refractivity (Wildman–Crippen MR) is 92.6 cm³/mol. The Morgan fingerprint density at radius 2 is 1.58 bits per heavy atom. The summed E-state index contributed by atoms with van der Waals surface area (Å²) in [5, 5.41) is 29.9. The Morgan fingerprint density at radius 3 is 2.19 bits per heavy atom. The van der Waals surface area contributed by atoms with Gasteiger partial charge in [-0.1, -0.05) is 0 Å². The SMILES string of the molecule is COc1cc2oc(-c3cc(O)cc(O)c3OC)cc(=O)c2c(O)c1OC.